The van der Waals surface area contributed by atoms with Gasteiger partial charge in [-0.15, -0.1) is 0 Å². The Kier molecular flexibility index (Phi) is 6.40. The van der Waals surface area contributed by atoms with E-state index in [1.165, 1.54) is 0 Å². The van der Waals surface area contributed by atoms with E-state index >= 15 is 0 Å². The molecule has 0 atom stereocenters. The first-order chi connectivity index (χ1) is 4.04. The summed E-state index contributed by atoms with van der Waals surface area (Å²) in [5.41, 5.74) is 0. The van der Waals surface area contributed by atoms with E-state index in [0.29, 0.717) is 0 Å². The number of esters is 2. The monoisotopic (exact) mass is 323 g/mol. The van der Waals surface area contributed by atoms with E-state index in [2.05, 4.69) is 4.74 Å². The molecule has 0 saturated carbocycles. The number of carbonyl (C=O) groups excluding carboxylic acids is 3. The summed E-state index contributed by atoms with van der Waals surface area (Å²) in [6, 6.07) is 0. The Labute approximate surface area is 71.3 Å². The van der Waals surface area contributed by atoms with Gasteiger partial charge in [0.15, 0.2) is 0 Å². The van der Waals surface area contributed by atoms with E-state index in [1.807, 2.05) is 0 Å². The van der Waals surface area contributed by atoms with Gasteiger partial charge in [0.2, 0.25) is 5.78 Å². The van der Waals surface area contributed by atoms with Crippen LogP contribution < -0.4 is 0 Å². The summed E-state index contributed by atoms with van der Waals surface area (Å²) < 4.78 is 3.88. The zero-order valence-corrected chi connectivity index (χ0v) is 7.86. The van der Waals surface area contributed by atoms with E-state index in [9.17, 15) is 14.4 Å². The zero-order chi connectivity index (χ0) is 7.44. The van der Waals surface area contributed by atoms with Crippen LogP contribution in [0.15, 0.2) is 0 Å². The first-order valence-electron chi connectivity index (χ1n) is 2.27. The van der Waals surface area contributed by atoms with Crippen LogP contribution in [0.4, 0.5) is 0 Å². The summed E-state index contributed by atoms with van der Waals surface area (Å²) >= 11 is 0. The molecule has 0 saturated heterocycles. The van der Waals surface area contributed by atoms with Gasteiger partial charge < -0.3 is 4.74 Å². The molecule has 0 aromatic rings. The van der Waals surface area contributed by atoms with Crippen molar-refractivity contribution in [2.24, 2.45) is 0 Å². The molecule has 0 radical (unpaired) electrons. The van der Waals surface area contributed by atoms with Crippen LogP contribution in [0.3, 0.4) is 0 Å². The van der Waals surface area contributed by atoms with Crippen molar-refractivity contribution >= 4 is 17.7 Å². The molecule has 0 aliphatic carbocycles. The Bertz CT molecular complexity index is 163. The SMILES string of the molecule is CC(=O)OC(=O)C(C)=O.[Ir+3]. The minimum absolute atomic E-state index is 0. The summed E-state index contributed by atoms with van der Waals surface area (Å²) in [4.78, 5) is 30.2. The number of hydrogen-bond donors (Lipinski definition) is 0. The zero-order valence-electron chi connectivity index (χ0n) is 5.47. The predicted octanol–water partition coefficient (Wildman–Crippen LogP) is -0.337. The third kappa shape index (κ3) is 5.59. The van der Waals surface area contributed by atoms with E-state index in [1.54, 1.807) is 0 Å². The van der Waals surface area contributed by atoms with Crippen molar-refractivity contribution in [1.29, 1.82) is 0 Å². The molecule has 0 unspecified atom stereocenters. The average molecular weight is 322 g/mol. The van der Waals surface area contributed by atoms with Crippen LogP contribution in [0, 0.1) is 0 Å². The molecule has 0 fully saturated rings. The maximum absolute atomic E-state index is 10.2. The van der Waals surface area contributed by atoms with Crippen molar-refractivity contribution in [3.05, 3.63) is 0 Å². The van der Waals surface area contributed by atoms with Gasteiger partial charge >= 0.3 is 32.0 Å². The summed E-state index contributed by atoms with van der Waals surface area (Å²) in [6.45, 7) is 2.09. The number of hydrogen-bond acceptors (Lipinski definition) is 4. The van der Waals surface area contributed by atoms with Crippen LogP contribution in [-0.2, 0) is 39.2 Å². The molecule has 0 amide bonds. The molecule has 0 bridgehead atoms. The summed E-state index contributed by atoms with van der Waals surface area (Å²) in [5.74, 6) is -2.65. The number of ether oxygens (including phenoxy) is 1. The van der Waals surface area contributed by atoms with Crippen molar-refractivity contribution in [2.75, 3.05) is 0 Å². The van der Waals surface area contributed by atoms with Gasteiger partial charge in [0.05, 0.1) is 0 Å². The molecule has 10 heavy (non-hydrogen) atoms. The maximum Gasteiger partial charge on any atom is 3.00 e. The van der Waals surface area contributed by atoms with Gasteiger partial charge in [-0.2, -0.15) is 0 Å². The molecule has 56 valence electrons. The molecular weight excluding hydrogens is 316 g/mol. The van der Waals surface area contributed by atoms with Crippen molar-refractivity contribution in [3.63, 3.8) is 0 Å². The minimum Gasteiger partial charge on any atom is -0.387 e. The second-order valence-corrected chi connectivity index (χ2v) is 1.44. The molecule has 0 aromatic heterocycles. The van der Waals surface area contributed by atoms with E-state index in [4.69, 9.17) is 0 Å². The van der Waals surface area contributed by atoms with Crippen molar-refractivity contribution < 1.29 is 39.2 Å². The molecule has 0 aliphatic rings. The summed E-state index contributed by atoms with van der Waals surface area (Å²) in [7, 11) is 0. The van der Waals surface area contributed by atoms with E-state index in [-0.39, 0.29) is 20.1 Å². The molecule has 0 aliphatic heterocycles. The Hall–Kier alpha value is -0.541. The average Bonchev–Trinajstić information content (AvgIpc) is 1.63. The number of carbonyl (C=O) groups is 3. The standard InChI is InChI=1S/C5H6O4.Ir/c1-3(6)5(8)9-4(2)7;/h1-2H3;/q;+3. The Morgan fingerprint density at radius 3 is 1.60 bits per heavy atom. The fourth-order valence-corrected chi connectivity index (χ4v) is 0.202. The first-order valence-corrected chi connectivity index (χ1v) is 2.27. The largest absolute Gasteiger partial charge is 3.00 e. The molecule has 0 heterocycles. The van der Waals surface area contributed by atoms with Crippen LogP contribution in [0.25, 0.3) is 0 Å². The molecule has 0 aromatic carbocycles. The van der Waals surface area contributed by atoms with E-state index < -0.39 is 17.7 Å². The smallest absolute Gasteiger partial charge is 0.387 e. The van der Waals surface area contributed by atoms with Gasteiger partial charge in [-0.05, 0) is 0 Å². The van der Waals surface area contributed by atoms with Crippen LogP contribution in [0.5, 0.6) is 0 Å². The third-order valence-electron chi connectivity index (χ3n) is 0.524. The molecule has 0 rings (SSSR count). The van der Waals surface area contributed by atoms with Gasteiger partial charge in [-0.1, -0.05) is 0 Å². The second kappa shape index (κ2) is 5.26. The normalized spacial score (nSPS) is 7.40. The summed E-state index contributed by atoms with van der Waals surface area (Å²) in [6.07, 6.45) is 0. The van der Waals surface area contributed by atoms with Gasteiger partial charge in [-0.25, -0.2) is 4.79 Å². The van der Waals surface area contributed by atoms with Crippen molar-refractivity contribution in [2.45, 2.75) is 13.8 Å². The van der Waals surface area contributed by atoms with Gasteiger partial charge in [0.1, 0.15) is 0 Å². The van der Waals surface area contributed by atoms with Crippen molar-refractivity contribution in [1.82, 2.24) is 0 Å². The number of Topliss-reactive ketones (excluding diaryl/α,β-unsaturated/α-hetero) is 1. The third-order valence-corrected chi connectivity index (χ3v) is 0.524. The predicted molar refractivity (Wildman–Crippen MR) is 27.5 cm³/mol. The van der Waals surface area contributed by atoms with E-state index in [0.717, 1.165) is 13.8 Å². The van der Waals surface area contributed by atoms with Crippen LogP contribution in [-0.4, -0.2) is 17.7 Å². The Morgan fingerprint density at radius 1 is 1.10 bits per heavy atom. The van der Waals surface area contributed by atoms with Gasteiger partial charge in [0.25, 0.3) is 0 Å². The van der Waals surface area contributed by atoms with Crippen molar-refractivity contribution in [3.8, 4) is 0 Å². The number of rotatable bonds is 1. The fraction of sp³-hybridized carbons (Fsp3) is 0.400. The topological polar surface area (TPSA) is 60.4 Å². The number of ketones is 1. The molecule has 5 heteroatoms. The van der Waals surface area contributed by atoms with Crippen LogP contribution in [0.2, 0.25) is 0 Å². The van der Waals surface area contributed by atoms with Gasteiger partial charge in [0, 0.05) is 13.8 Å². The van der Waals surface area contributed by atoms with Crippen LogP contribution >= 0.6 is 0 Å². The molecule has 0 N–H and O–H groups in total. The van der Waals surface area contributed by atoms with Gasteiger partial charge in [-0.3, -0.25) is 9.59 Å². The Balaban J connectivity index is 0. The fourth-order valence-electron chi connectivity index (χ4n) is 0.202. The first kappa shape index (κ1) is 12.2. The quantitative estimate of drug-likeness (QED) is 0.377. The minimum atomic E-state index is -1.11. The Morgan fingerprint density at radius 2 is 1.50 bits per heavy atom. The van der Waals surface area contributed by atoms with Crippen LogP contribution in [0.1, 0.15) is 13.8 Å². The second-order valence-electron chi connectivity index (χ2n) is 1.44. The summed E-state index contributed by atoms with van der Waals surface area (Å²) in [5, 5.41) is 0. The maximum atomic E-state index is 10.2. The molecular formula is C5H6IrO4+3. The molecule has 4 nitrogen and oxygen atoms in total. The molecule has 0 spiro atoms.